The molecule has 1 aliphatic heterocycles. The standard InChI is InChI=1S/C20H18N4O4S/c1-11-5-12(2)7-15(6-11)23-10-13(8-18(23)25)19(26)22-20-21-16-4-3-14(24(27)28)9-17(16)29-20/h3-7,9,13H,8,10H2,1-2H3,(H,21,22,26). The minimum absolute atomic E-state index is 0.0236. The Morgan fingerprint density at radius 3 is 2.66 bits per heavy atom. The third kappa shape index (κ3) is 3.81. The molecule has 2 amide bonds. The highest BCUT2D eigenvalue weighted by molar-refractivity contribution is 7.22. The Kier molecular flexibility index (Phi) is 4.75. The Bertz CT molecular complexity index is 1140. The van der Waals surface area contributed by atoms with Crippen molar-refractivity contribution in [3.8, 4) is 0 Å². The molecular formula is C20H18N4O4S. The second-order valence-corrected chi connectivity index (χ2v) is 8.20. The van der Waals surface area contributed by atoms with Crippen molar-refractivity contribution < 1.29 is 14.5 Å². The van der Waals surface area contributed by atoms with Crippen molar-refractivity contribution >= 4 is 49.9 Å². The lowest BCUT2D eigenvalue weighted by molar-refractivity contribution is -0.384. The summed E-state index contributed by atoms with van der Waals surface area (Å²) >= 11 is 1.17. The number of carbonyl (C=O) groups is 2. The number of nitro groups is 1. The van der Waals surface area contributed by atoms with Gasteiger partial charge >= 0.3 is 0 Å². The van der Waals surface area contributed by atoms with E-state index in [2.05, 4.69) is 10.3 Å². The zero-order valence-electron chi connectivity index (χ0n) is 15.8. The SMILES string of the molecule is Cc1cc(C)cc(N2CC(C(=O)Nc3nc4ccc([N+](=O)[O-])cc4s3)CC2=O)c1. The summed E-state index contributed by atoms with van der Waals surface area (Å²) in [7, 11) is 0. The van der Waals surface area contributed by atoms with Crippen LogP contribution in [-0.2, 0) is 9.59 Å². The maximum Gasteiger partial charge on any atom is 0.270 e. The third-order valence-corrected chi connectivity index (χ3v) is 5.76. The molecule has 1 saturated heterocycles. The molecule has 0 bridgehead atoms. The predicted octanol–water partition coefficient (Wildman–Crippen LogP) is 3.81. The second kappa shape index (κ2) is 7.25. The first-order chi connectivity index (χ1) is 13.8. The van der Waals surface area contributed by atoms with Crippen LogP contribution in [0.25, 0.3) is 10.2 Å². The van der Waals surface area contributed by atoms with Gasteiger partial charge in [-0.25, -0.2) is 4.98 Å². The fraction of sp³-hybridized carbons (Fsp3) is 0.250. The first-order valence-electron chi connectivity index (χ1n) is 9.04. The van der Waals surface area contributed by atoms with Crippen LogP contribution in [0.2, 0.25) is 0 Å². The van der Waals surface area contributed by atoms with Crippen molar-refractivity contribution in [1.29, 1.82) is 0 Å². The van der Waals surface area contributed by atoms with Gasteiger partial charge in [-0.05, 0) is 43.2 Å². The van der Waals surface area contributed by atoms with Gasteiger partial charge in [0.05, 0.1) is 21.1 Å². The first kappa shape index (κ1) is 19.0. The van der Waals surface area contributed by atoms with Crippen molar-refractivity contribution in [2.75, 3.05) is 16.8 Å². The van der Waals surface area contributed by atoms with Crippen LogP contribution in [0, 0.1) is 29.9 Å². The molecule has 148 valence electrons. The van der Waals surface area contributed by atoms with Crippen LogP contribution in [0.3, 0.4) is 0 Å². The molecule has 9 heteroatoms. The molecular weight excluding hydrogens is 392 g/mol. The number of rotatable bonds is 4. The highest BCUT2D eigenvalue weighted by atomic mass is 32.1. The molecule has 1 atom stereocenters. The molecule has 0 aliphatic carbocycles. The van der Waals surface area contributed by atoms with E-state index in [4.69, 9.17) is 0 Å². The van der Waals surface area contributed by atoms with Gasteiger partial charge in [0.1, 0.15) is 0 Å². The number of aromatic nitrogens is 1. The fourth-order valence-electron chi connectivity index (χ4n) is 3.53. The summed E-state index contributed by atoms with van der Waals surface area (Å²) in [5.41, 5.74) is 3.48. The number of amides is 2. The number of fused-ring (bicyclic) bond motifs is 1. The minimum Gasteiger partial charge on any atom is -0.312 e. The Hall–Kier alpha value is -3.33. The van der Waals surface area contributed by atoms with Crippen LogP contribution in [0.5, 0.6) is 0 Å². The van der Waals surface area contributed by atoms with Crippen LogP contribution < -0.4 is 10.2 Å². The molecule has 3 aromatic rings. The number of nitrogens with one attached hydrogen (secondary N) is 1. The van der Waals surface area contributed by atoms with Gasteiger partial charge in [-0.2, -0.15) is 0 Å². The van der Waals surface area contributed by atoms with E-state index in [0.717, 1.165) is 16.8 Å². The van der Waals surface area contributed by atoms with Crippen LogP contribution in [0.1, 0.15) is 17.5 Å². The molecule has 2 heterocycles. The van der Waals surface area contributed by atoms with Crippen molar-refractivity contribution in [2.45, 2.75) is 20.3 Å². The van der Waals surface area contributed by atoms with Gasteiger partial charge in [0, 0.05) is 30.8 Å². The van der Waals surface area contributed by atoms with Gasteiger partial charge in [0.15, 0.2) is 5.13 Å². The van der Waals surface area contributed by atoms with Gasteiger partial charge in [0.2, 0.25) is 11.8 Å². The molecule has 1 aromatic heterocycles. The van der Waals surface area contributed by atoms with Crippen molar-refractivity contribution in [3.05, 3.63) is 57.6 Å². The lowest BCUT2D eigenvalue weighted by Crippen LogP contribution is -2.28. The molecule has 4 rings (SSSR count). The largest absolute Gasteiger partial charge is 0.312 e. The highest BCUT2D eigenvalue weighted by Crippen LogP contribution is 2.31. The van der Waals surface area contributed by atoms with E-state index in [1.165, 1.54) is 23.5 Å². The van der Waals surface area contributed by atoms with Crippen LogP contribution in [-0.4, -0.2) is 28.3 Å². The number of aryl methyl sites for hydroxylation is 2. The first-order valence-corrected chi connectivity index (χ1v) is 9.86. The van der Waals surface area contributed by atoms with Gasteiger partial charge in [-0.15, -0.1) is 0 Å². The van der Waals surface area contributed by atoms with E-state index in [1.807, 2.05) is 32.0 Å². The predicted molar refractivity (Wildman–Crippen MR) is 111 cm³/mol. The average Bonchev–Trinajstić information content (AvgIpc) is 3.22. The minimum atomic E-state index is -0.482. The molecule has 0 radical (unpaired) electrons. The zero-order chi connectivity index (χ0) is 20.7. The molecule has 1 unspecified atom stereocenters. The number of hydrogen-bond acceptors (Lipinski definition) is 6. The number of nitrogens with zero attached hydrogens (tertiary/aromatic N) is 3. The number of carbonyl (C=O) groups excluding carboxylic acids is 2. The van der Waals surface area contributed by atoms with E-state index in [0.29, 0.717) is 21.9 Å². The number of non-ortho nitro benzene ring substituents is 1. The number of hydrogen-bond donors (Lipinski definition) is 1. The normalized spacial score (nSPS) is 16.4. The van der Waals surface area contributed by atoms with Gasteiger partial charge < -0.3 is 10.2 Å². The summed E-state index contributed by atoms with van der Waals surface area (Å²) in [6, 6.07) is 10.3. The van der Waals surface area contributed by atoms with Gasteiger partial charge in [-0.3, -0.25) is 19.7 Å². The van der Waals surface area contributed by atoms with Gasteiger partial charge in [0.25, 0.3) is 5.69 Å². The fourth-order valence-corrected chi connectivity index (χ4v) is 4.43. The third-order valence-electron chi connectivity index (χ3n) is 4.83. The highest BCUT2D eigenvalue weighted by Gasteiger charge is 2.35. The van der Waals surface area contributed by atoms with E-state index in [1.54, 1.807) is 11.0 Å². The molecule has 2 aromatic carbocycles. The molecule has 1 N–H and O–H groups in total. The van der Waals surface area contributed by atoms with Crippen molar-refractivity contribution in [1.82, 2.24) is 4.98 Å². The van der Waals surface area contributed by atoms with Crippen molar-refractivity contribution in [3.63, 3.8) is 0 Å². The Labute approximate surface area is 170 Å². The van der Waals surface area contributed by atoms with Gasteiger partial charge in [-0.1, -0.05) is 17.4 Å². The maximum absolute atomic E-state index is 12.7. The smallest absolute Gasteiger partial charge is 0.270 e. The summed E-state index contributed by atoms with van der Waals surface area (Å²) in [6.45, 7) is 4.25. The van der Waals surface area contributed by atoms with E-state index in [9.17, 15) is 19.7 Å². The molecule has 0 saturated carbocycles. The topological polar surface area (TPSA) is 105 Å². The number of anilines is 2. The van der Waals surface area contributed by atoms with Crippen LogP contribution in [0.15, 0.2) is 36.4 Å². The summed E-state index contributed by atoms with van der Waals surface area (Å²) in [4.78, 5) is 41.6. The average molecular weight is 410 g/mol. The Balaban J connectivity index is 1.49. The summed E-state index contributed by atoms with van der Waals surface area (Å²) in [6.07, 6.45) is 0.134. The Morgan fingerprint density at radius 2 is 1.97 bits per heavy atom. The van der Waals surface area contributed by atoms with E-state index in [-0.39, 0.29) is 23.9 Å². The molecule has 0 spiro atoms. The molecule has 1 fully saturated rings. The Morgan fingerprint density at radius 1 is 1.24 bits per heavy atom. The van der Waals surface area contributed by atoms with Crippen LogP contribution >= 0.6 is 11.3 Å². The van der Waals surface area contributed by atoms with Crippen LogP contribution in [0.4, 0.5) is 16.5 Å². The summed E-state index contributed by atoms with van der Waals surface area (Å²) < 4.78 is 0.619. The van der Waals surface area contributed by atoms with Crippen molar-refractivity contribution in [2.24, 2.45) is 5.92 Å². The zero-order valence-corrected chi connectivity index (χ0v) is 16.7. The van der Waals surface area contributed by atoms with E-state index >= 15 is 0 Å². The maximum atomic E-state index is 12.7. The quantitative estimate of drug-likeness (QED) is 0.520. The number of thiazole rings is 1. The second-order valence-electron chi connectivity index (χ2n) is 7.17. The molecule has 29 heavy (non-hydrogen) atoms. The number of nitro benzene ring substituents is 1. The lowest BCUT2D eigenvalue weighted by Gasteiger charge is -2.18. The number of benzene rings is 2. The summed E-state index contributed by atoms with van der Waals surface area (Å²) in [5, 5.41) is 14.0. The molecule has 1 aliphatic rings. The lowest BCUT2D eigenvalue weighted by atomic mass is 10.1. The molecule has 8 nitrogen and oxygen atoms in total. The summed E-state index contributed by atoms with van der Waals surface area (Å²) in [5.74, 6) is -0.849. The monoisotopic (exact) mass is 410 g/mol. The van der Waals surface area contributed by atoms with E-state index < -0.39 is 10.8 Å².